The molecule has 0 spiro atoms. The van der Waals surface area contributed by atoms with Gasteiger partial charge in [0.2, 0.25) is 11.8 Å². The maximum absolute atomic E-state index is 14.2. The van der Waals surface area contributed by atoms with Gasteiger partial charge in [-0.2, -0.15) is 13.9 Å². The Morgan fingerprint density at radius 2 is 1.63 bits per heavy atom. The molecule has 7 aromatic rings. The first kappa shape index (κ1) is 55.9. The number of nitrogens with two attached hydrogens (primary N) is 1. The molecule has 1 fully saturated rings. The molecule has 0 unspecified atom stereocenters. The summed E-state index contributed by atoms with van der Waals surface area (Å²) in [6.07, 6.45) is -0.299. The Balaban J connectivity index is 0.875. The third-order valence-corrected chi connectivity index (χ3v) is 14.7. The number of aromatic nitrogens is 4. The zero-order valence-electron chi connectivity index (χ0n) is 42.7. The van der Waals surface area contributed by atoms with Crippen LogP contribution in [0.4, 0.5) is 30.5 Å². The number of halogens is 3. The van der Waals surface area contributed by atoms with Crippen molar-refractivity contribution in [3.8, 4) is 33.2 Å². The number of carbonyl (C=O) groups excluding carboxylic acids is 4. The number of sulfonamides is 1. The number of alkyl halides is 2. The van der Waals surface area contributed by atoms with Gasteiger partial charge >= 0.3 is 5.76 Å². The number of H-pyrrole nitrogens is 1. The highest BCUT2D eigenvalue weighted by Crippen LogP contribution is 2.38. The van der Waals surface area contributed by atoms with E-state index in [1.165, 1.54) is 47.5 Å². The number of thiazole rings is 1. The Labute approximate surface area is 450 Å². The zero-order chi connectivity index (χ0) is 56.1. The van der Waals surface area contributed by atoms with Crippen LogP contribution in [-0.2, 0) is 32.8 Å². The molecule has 3 aromatic heterocycles. The molecular formula is C54H55F3N10O9S2. The second kappa shape index (κ2) is 23.5. The molecular weight excluding hydrogens is 1050 g/mol. The summed E-state index contributed by atoms with van der Waals surface area (Å²) in [4.78, 5) is 65.4. The van der Waals surface area contributed by atoms with Gasteiger partial charge in [0.1, 0.15) is 53.5 Å². The first-order chi connectivity index (χ1) is 37.0. The number of hydrogen-bond acceptors (Lipinski definition) is 14. The molecule has 0 aliphatic carbocycles. The van der Waals surface area contributed by atoms with E-state index in [1.54, 1.807) is 80.9 Å². The lowest BCUT2D eigenvalue weighted by Gasteiger charge is -2.35. The van der Waals surface area contributed by atoms with Crippen molar-refractivity contribution in [3.05, 3.63) is 154 Å². The molecule has 78 heavy (non-hydrogen) atoms. The molecule has 19 nitrogen and oxygen atoms in total. The van der Waals surface area contributed by atoms with E-state index in [9.17, 15) is 45.9 Å². The fourth-order valence-corrected chi connectivity index (χ4v) is 9.88. The number of pyridine rings is 1. The van der Waals surface area contributed by atoms with Gasteiger partial charge < -0.3 is 41.2 Å². The maximum Gasteiger partial charge on any atom is 0.355 e. The van der Waals surface area contributed by atoms with E-state index < -0.39 is 74.9 Å². The number of amides is 4. The molecule has 24 heteroatoms. The predicted octanol–water partition coefficient (Wildman–Crippen LogP) is 7.99. The number of anilines is 3. The summed E-state index contributed by atoms with van der Waals surface area (Å²) >= 11 is 1.55. The summed E-state index contributed by atoms with van der Waals surface area (Å²) in [6.45, 7) is 9.14. The van der Waals surface area contributed by atoms with E-state index in [4.69, 9.17) is 15.2 Å². The van der Waals surface area contributed by atoms with Crippen LogP contribution < -0.4 is 35.9 Å². The van der Waals surface area contributed by atoms with Crippen LogP contribution in [0.25, 0.3) is 21.7 Å². The highest BCUT2D eigenvalue weighted by molar-refractivity contribution is 7.93. The second-order valence-electron chi connectivity index (χ2n) is 19.5. The van der Waals surface area contributed by atoms with Crippen molar-refractivity contribution in [3.63, 3.8) is 0 Å². The van der Waals surface area contributed by atoms with Crippen molar-refractivity contribution in [1.29, 1.82) is 0 Å². The molecule has 1 aliphatic rings. The number of aliphatic hydroxyl groups is 1. The second-order valence-corrected chi connectivity index (χ2v) is 22.0. The van der Waals surface area contributed by atoms with Crippen molar-refractivity contribution in [2.45, 2.75) is 84.2 Å². The molecule has 8 N–H and O–H groups in total. The number of hydrogen-bond donors (Lipinski definition) is 7. The Bertz CT molecular complexity index is 3410. The van der Waals surface area contributed by atoms with Gasteiger partial charge in [-0.3, -0.25) is 29.0 Å². The standard InChI is InChI=1S/C54H55F3N10O9S2/c1-29-46(77-28-61-29)34-10-6-31(7-11-34)24-60-51(71)41-23-38(68)26-67(41)52(72)47(54(3,4)5)63-50(70)35-12-8-32(9-13-35)27-75-39-19-21-43(59-25-39)62-49-44(48(58)69)45(64-65-49)36-16-20-40(66-78(73,74)53(56)57)42(22-36)76-30(2)33-14-17-37(55)18-15-33/h6-22,25,28,30,38,41,47,53,66,68H,23-24,26-27H2,1-5H3,(H2,58,69)(H,60,71)(H,63,70)(H2,59,62,64,65)/t30-,38+,41-,47+/m0/s1. The van der Waals surface area contributed by atoms with Crippen molar-refractivity contribution in [1.82, 2.24) is 35.7 Å². The molecule has 4 atom stereocenters. The Hall–Kier alpha value is -8.35. The minimum Gasteiger partial charge on any atom is -0.487 e. The number of aliphatic hydroxyl groups excluding tert-OH is 1. The Kier molecular flexibility index (Phi) is 16.8. The summed E-state index contributed by atoms with van der Waals surface area (Å²) in [5.74, 6) is -6.29. The summed E-state index contributed by atoms with van der Waals surface area (Å²) in [5, 5.41) is 26.3. The van der Waals surface area contributed by atoms with Crippen LogP contribution in [0.2, 0.25) is 0 Å². The molecule has 0 saturated carbocycles. The number of primary amides is 1. The lowest BCUT2D eigenvalue weighted by molar-refractivity contribution is -0.142. The highest BCUT2D eigenvalue weighted by atomic mass is 32.2. The van der Waals surface area contributed by atoms with Crippen molar-refractivity contribution in [2.75, 3.05) is 16.6 Å². The molecule has 4 aromatic carbocycles. The number of rotatable bonds is 20. The average molecular weight is 1110 g/mol. The van der Waals surface area contributed by atoms with Crippen LogP contribution in [0.5, 0.6) is 11.5 Å². The van der Waals surface area contributed by atoms with Crippen LogP contribution in [-0.4, -0.2) is 92.7 Å². The van der Waals surface area contributed by atoms with Gasteiger partial charge in [0.05, 0.1) is 39.8 Å². The number of β-amino-alcohol motifs (C(OH)–C–C–N with tert-alkyl or cyclic N) is 1. The Morgan fingerprint density at radius 1 is 0.936 bits per heavy atom. The van der Waals surface area contributed by atoms with Crippen molar-refractivity contribution < 1.29 is 55.3 Å². The molecule has 0 radical (unpaired) electrons. The number of nitrogens with one attached hydrogen (secondary N) is 5. The summed E-state index contributed by atoms with van der Waals surface area (Å²) in [5.41, 5.74) is 10.9. The van der Waals surface area contributed by atoms with Gasteiger partial charge in [0, 0.05) is 30.6 Å². The lowest BCUT2D eigenvalue weighted by Crippen LogP contribution is -2.57. The molecule has 0 bridgehead atoms. The molecule has 1 saturated heterocycles. The summed E-state index contributed by atoms with van der Waals surface area (Å²) in [6, 6.07) is 24.5. The number of likely N-dealkylation sites (tertiary alicyclic amines) is 1. The summed E-state index contributed by atoms with van der Waals surface area (Å²) < 4.78 is 78.5. The third kappa shape index (κ3) is 13.2. The van der Waals surface area contributed by atoms with Gasteiger partial charge in [-0.15, -0.1) is 11.3 Å². The molecule has 4 amide bonds. The lowest BCUT2D eigenvalue weighted by atomic mass is 9.85. The number of benzene rings is 4. The maximum atomic E-state index is 14.2. The van der Waals surface area contributed by atoms with E-state index in [-0.39, 0.29) is 71.6 Å². The van der Waals surface area contributed by atoms with Crippen molar-refractivity contribution in [2.24, 2.45) is 11.1 Å². The number of aryl methyl sites for hydroxylation is 1. The first-order valence-electron chi connectivity index (χ1n) is 24.3. The zero-order valence-corrected chi connectivity index (χ0v) is 44.3. The number of carbonyl (C=O) groups is 4. The van der Waals surface area contributed by atoms with E-state index in [1.807, 2.05) is 35.9 Å². The number of nitrogens with zero attached hydrogens (tertiary/aromatic N) is 4. The van der Waals surface area contributed by atoms with Crippen molar-refractivity contribution >= 4 is 62.3 Å². The SMILES string of the molecule is Cc1ncsc1-c1ccc(CNC(=O)[C@@H]2C[C@@H](O)CN2C(=O)[C@@H](NC(=O)c2ccc(COc3ccc(Nc4n[nH]c(-c5ccc(NS(=O)(=O)C(F)F)c(O[C@@H](C)c6ccc(F)cc6)c5)c4C(N)=O)nc3)cc2)C(C)(C)C)cc1. The fraction of sp³-hybridized carbons (Fsp3) is 0.278. The molecule has 1 aliphatic heterocycles. The van der Waals surface area contributed by atoms with E-state index >= 15 is 0 Å². The fourth-order valence-electron chi connectivity index (χ4n) is 8.51. The van der Waals surface area contributed by atoms with Crippen LogP contribution in [0, 0.1) is 18.2 Å². The molecule has 408 valence electrons. The summed E-state index contributed by atoms with van der Waals surface area (Å²) in [7, 11) is -5.13. The Morgan fingerprint density at radius 3 is 2.26 bits per heavy atom. The van der Waals surface area contributed by atoms with E-state index in [0.29, 0.717) is 16.9 Å². The predicted molar refractivity (Wildman–Crippen MR) is 286 cm³/mol. The van der Waals surface area contributed by atoms with Crippen LogP contribution >= 0.6 is 11.3 Å². The normalized spacial score (nSPS) is 15.3. The quantitative estimate of drug-likeness (QED) is 0.0382. The van der Waals surface area contributed by atoms with E-state index in [0.717, 1.165) is 27.8 Å². The van der Waals surface area contributed by atoms with Gasteiger partial charge in [0.25, 0.3) is 21.8 Å². The van der Waals surface area contributed by atoms with Gasteiger partial charge in [-0.25, -0.2) is 22.8 Å². The average Bonchev–Trinajstić information content (AvgIpc) is 4.22. The minimum atomic E-state index is -5.13. The monoisotopic (exact) mass is 1110 g/mol. The smallest absolute Gasteiger partial charge is 0.355 e. The molecule has 4 heterocycles. The highest BCUT2D eigenvalue weighted by Gasteiger charge is 2.44. The van der Waals surface area contributed by atoms with Gasteiger partial charge in [-0.05, 0) is 90.0 Å². The first-order valence-corrected chi connectivity index (χ1v) is 26.7. The molecule has 8 rings (SSSR count). The minimum absolute atomic E-state index is 0.0378. The number of ether oxygens (including phenoxy) is 2. The van der Waals surface area contributed by atoms with Gasteiger partial charge in [-0.1, -0.05) is 75.4 Å². The largest absolute Gasteiger partial charge is 0.487 e. The van der Waals surface area contributed by atoms with Crippen LogP contribution in [0.15, 0.2) is 115 Å². The van der Waals surface area contributed by atoms with E-state index in [2.05, 4.69) is 36.1 Å². The van der Waals surface area contributed by atoms with Gasteiger partial charge in [0.15, 0.2) is 5.82 Å². The number of aromatic amines is 1. The van der Waals surface area contributed by atoms with Crippen LogP contribution in [0.1, 0.15) is 83.3 Å². The van der Waals surface area contributed by atoms with Crippen LogP contribution in [0.3, 0.4) is 0 Å². The third-order valence-electron chi connectivity index (χ3n) is 12.7. The topological polar surface area (TPSA) is 273 Å².